The van der Waals surface area contributed by atoms with Crippen molar-refractivity contribution in [2.75, 3.05) is 0 Å². The summed E-state index contributed by atoms with van der Waals surface area (Å²) >= 11 is 0. The first-order chi connectivity index (χ1) is 29.3. The molecule has 0 aromatic heterocycles. The van der Waals surface area contributed by atoms with Crippen LogP contribution >= 0.6 is 0 Å². The van der Waals surface area contributed by atoms with E-state index in [1.165, 1.54) is 89.0 Å². The molecule has 0 atom stereocenters. The van der Waals surface area contributed by atoms with Crippen molar-refractivity contribution < 1.29 is 0 Å². The Morgan fingerprint density at radius 3 is 0.932 bits per heavy atom. The summed E-state index contributed by atoms with van der Waals surface area (Å²) in [4.78, 5) is 0. The van der Waals surface area contributed by atoms with E-state index >= 15 is 0 Å². The van der Waals surface area contributed by atoms with Crippen molar-refractivity contribution in [3.63, 3.8) is 0 Å². The maximum atomic E-state index is 2.35. The van der Waals surface area contributed by atoms with Crippen LogP contribution in [0.5, 0.6) is 0 Å². The van der Waals surface area contributed by atoms with Gasteiger partial charge in [0, 0.05) is 0 Å². The van der Waals surface area contributed by atoms with Crippen molar-refractivity contribution in [1.29, 1.82) is 0 Å². The van der Waals surface area contributed by atoms with E-state index in [0.717, 1.165) is 0 Å². The molecular formula is C59H42. The molecule has 59 heavy (non-hydrogen) atoms. The van der Waals surface area contributed by atoms with Gasteiger partial charge in [-0.15, -0.1) is 0 Å². The summed E-state index contributed by atoms with van der Waals surface area (Å²) in [6.07, 6.45) is 4.61. The van der Waals surface area contributed by atoms with Crippen molar-refractivity contribution in [3.8, 4) is 22.3 Å². The van der Waals surface area contributed by atoms with Gasteiger partial charge in [-0.1, -0.05) is 243 Å². The zero-order valence-electron chi connectivity index (χ0n) is 32.7. The number of hydrogen-bond acceptors (Lipinski definition) is 0. The second kappa shape index (κ2) is 15.8. The van der Waals surface area contributed by atoms with Crippen LogP contribution in [0.4, 0.5) is 0 Å². The van der Waals surface area contributed by atoms with Gasteiger partial charge in [0.1, 0.15) is 0 Å². The fourth-order valence-electron chi connectivity index (χ4n) is 9.01. The molecule has 0 N–H and O–H groups in total. The Balaban J connectivity index is 1.04. The van der Waals surface area contributed by atoms with E-state index in [-0.39, 0.29) is 0 Å². The van der Waals surface area contributed by atoms with Crippen molar-refractivity contribution in [2.24, 2.45) is 0 Å². The summed E-state index contributed by atoms with van der Waals surface area (Å²) in [6.45, 7) is 0. The van der Waals surface area contributed by atoms with Gasteiger partial charge in [0.15, 0.2) is 0 Å². The van der Waals surface area contributed by atoms with Crippen molar-refractivity contribution >= 4 is 23.3 Å². The Labute approximate surface area is 347 Å². The second-order valence-electron chi connectivity index (χ2n) is 15.2. The predicted molar refractivity (Wildman–Crippen MR) is 249 cm³/mol. The van der Waals surface area contributed by atoms with E-state index in [4.69, 9.17) is 0 Å². The fourth-order valence-corrected chi connectivity index (χ4v) is 9.01. The Morgan fingerprint density at radius 1 is 0.271 bits per heavy atom. The molecule has 9 aromatic carbocycles. The van der Waals surface area contributed by atoms with Crippen LogP contribution in [0.25, 0.3) is 45.6 Å². The molecule has 9 aromatic rings. The predicted octanol–water partition coefficient (Wildman–Crippen LogP) is 14.9. The van der Waals surface area contributed by atoms with Crippen LogP contribution in [0.3, 0.4) is 0 Å². The van der Waals surface area contributed by atoms with Gasteiger partial charge in [-0.05, 0) is 101 Å². The highest BCUT2D eigenvalue weighted by Crippen LogP contribution is 2.56. The number of fused-ring (bicyclic) bond motifs is 3. The maximum absolute atomic E-state index is 2.35. The lowest BCUT2D eigenvalue weighted by Gasteiger charge is -2.34. The van der Waals surface area contributed by atoms with Gasteiger partial charge in [0.2, 0.25) is 0 Å². The van der Waals surface area contributed by atoms with Crippen molar-refractivity contribution in [1.82, 2.24) is 0 Å². The van der Waals surface area contributed by atoms with Gasteiger partial charge >= 0.3 is 0 Å². The standard InChI is InChI=1S/C59H42/c1-5-17-47(18-6-1)55(48-19-7-2-8-20-48)41-43-29-33-45(34-30-43)46-35-39-52(40-36-46)59(57-27-15-13-25-53(57)54-26-14-16-28-58(54)59)51-37-31-44(32-38-51)42-56(49-21-9-3-10-22-49)50-23-11-4-12-24-50/h1-42H. The third-order valence-corrected chi connectivity index (χ3v) is 11.8. The highest BCUT2D eigenvalue weighted by Gasteiger charge is 2.45. The number of benzene rings is 9. The Bertz CT molecular complexity index is 2770. The first kappa shape index (κ1) is 35.8. The molecule has 0 fully saturated rings. The van der Waals surface area contributed by atoms with E-state index in [0.29, 0.717) is 0 Å². The molecule has 1 aliphatic rings. The van der Waals surface area contributed by atoms with Crippen LogP contribution in [-0.4, -0.2) is 0 Å². The molecule has 0 bridgehead atoms. The first-order valence-electron chi connectivity index (χ1n) is 20.4. The largest absolute Gasteiger partial charge is 0.0713 e. The average Bonchev–Trinajstić information content (AvgIpc) is 3.62. The minimum Gasteiger partial charge on any atom is -0.0622 e. The van der Waals surface area contributed by atoms with Crippen LogP contribution in [0, 0.1) is 0 Å². The van der Waals surface area contributed by atoms with E-state index in [1.807, 2.05) is 0 Å². The van der Waals surface area contributed by atoms with Gasteiger partial charge in [-0.3, -0.25) is 0 Å². The summed E-state index contributed by atoms with van der Waals surface area (Å²) in [5.74, 6) is 0. The number of rotatable bonds is 9. The Morgan fingerprint density at radius 2 is 0.559 bits per heavy atom. The minimum absolute atomic E-state index is 0.477. The summed E-state index contributed by atoms with van der Waals surface area (Å²) < 4.78 is 0. The molecule has 0 nitrogen and oxygen atoms in total. The third-order valence-electron chi connectivity index (χ3n) is 11.8. The Kier molecular flexibility index (Phi) is 9.58. The molecule has 0 aliphatic heterocycles. The molecule has 278 valence electrons. The maximum Gasteiger partial charge on any atom is 0.0713 e. The van der Waals surface area contributed by atoms with Gasteiger partial charge in [0.25, 0.3) is 0 Å². The quantitative estimate of drug-likeness (QED) is 0.129. The zero-order chi connectivity index (χ0) is 39.4. The fraction of sp³-hybridized carbons (Fsp3) is 0.0169. The molecule has 0 radical (unpaired) electrons. The van der Waals surface area contributed by atoms with Crippen LogP contribution in [-0.2, 0) is 5.41 Å². The molecule has 0 spiro atoms. The summed E-state index contributed by atoms with van der Waals surface area (Å²) in [6, 6.07) is 88.1. The number of hydrogen-bond donors (Lipinski definition) is 0. The monoisotopic (exact) mass is 750 g/mol. The lowest BCUT2D eigenvalue weighted by atomic mass is 9.67. The van der Waals surface area contributed by atoms with E-state index < -0.39 is 5.41 Å². The zero-order valence-corrected chi connectivity index (χ0v) is 32.7. The van der Waals surface area contributed by atoms with Crippen LogP contribution in [0.1, 0.15) is 55.6 Å². The van der Waals surface area contributed by atoms with E-state index in [1.54, 1.807) is 0 Å². The lowest BCUT2D eigenvalue weighted by Crippen LogP contribution is -2.28. The summed E-state index contributed by atoms with van der Waals surface area (Å²) in [7, 11) is 0. The highest BCUT2D eigenvalue weighted by molar-refractivity contribution is 5.93. The van der Waals surface area contributed by atoms with Crippen LogP contribution in [0.15, 0.2) is 243 Å². The van der Waals surface area contributed by atoms with Crippen molar-refractivity contribution in [3.05, 3.63) is 298 Å². The van der Waals surface area contributed by atoms with Gasteiger partial charge in [0.05, 0.1) is 5.41 Å². The molecule has 0 saturated heterocycles. The van der Waals surface area contributed by atoms with Gasteiger partial charge in [-0.2, -0.15) is 0 Å². The average molecular weight is 751 g/mol. The third kappa shape index (κ3) is 6.75. The molecule has 0 amide bonds. The van der Waals surface area contributed by atoms with Crippen molar-refractivity contribution in [2.45, 2.75) is 5.41 Å². The molecule has 10 rings (SSSR count). The normalized spacial score (nSPS) is 12.2. The summed E-state index contributed by atoms with van der Waals surface area (Å²) in [5.41, 5.74) is 19.2. The molecule has 0 heteroatoms. The SMILES string of the molecule is C(=C(c1ccccc1)c1ccccc1)c1ccc(-c2ccc(C3(c4ccc(C=C(c5ccccc5)c5ccccc5)cc4)c4ccccc4-c4ccccc43)cc2)cc1. The van der Waals surface area contributed by atoms with Gasteiger partial charge < -0.3 is 0 Å². The molecule has 0 unspecified atom stereocenters. The Hall–Kier alpha value is -7.54. The molecular weight excluding hydrogens is 709 g/mol. The molecule has 1 aliphatic carbocycles. The van der Waals surface area contributed by atoms with Crippen LogP contribution < -0.4 is 0 Å². The highest BCUT2D eigenvalue weighted by atomic mass is 14.5. The lowest BCUT2D eigenvalue weighted by molar-refractivity contribution is 0.768. The topological polar surface area (TPSA) is 0 Å². The first-order valence-corrected chi connectivity index (χ1v) is 20.4. The smallest absolute Gasteiger partial charge is 0.0622 e. The van der Waals surface area contributed by atoms with Gasteiger partial charge in [-0.25, -0.2) is 0 Å². The molecule has 0 saturated carbocycles. The second-order valence-corrected chi connectivity index (χ2v) is 15.2. The van der Waals surface area contributed by atoms with E-state index in [2.05, 4.69) is 255 Å². The summed E-state index contributed by atoms with van der Waals surface area (Å²) in [5, 5.41) is 0. The van der Waals surface area contributed by atoms with Crippen LogP contribution in [0.2, 0.25) is 0 Å². The van der Waals surface area contributed by atoms with E-state index in [9.17, 15) is 0 Å². The minimum atomic E-state index is -0.477. The molecule has 0 heterocycles.